The van der Waals surface area contributed by atoms with Crippen molar-refractivity contribution in [1.82, 2.24) is 9.55 Å². The van der Waals surface area contributed by atoms with Gasteiger partial charge in [-0.3, -0.25) is 9.36 Å². The van der Waals surface area contributed by atoms with Gasteiger partial charge in [0.15, 0.2) is 5.15 Å². The molecule has 0 aliphatic rings. The van der Waals surface area contributed by atoms with E-state index in [-0.39, 0.29) is 21.7 Å². The lowest BCUT2D eigenvalue weighted by molar-refractivity contribution is 0.665. The minimum atomic E-state index is -0.301. The van der Waals surface area contributed by atoms with Crippen LogP contribution < -0.4 is 5.56 Å². The molecular weight excluding hydrogens is 211 g/mol. The predicted molar refractivity (Wildman–Crippen MR) is 53.6 cm³/mol. The molecule has 0 radical (unpaired) electrons. The van der Waals surface area contributed by atoms with E-state index in [0.717, 1.165) is 0 Å². The molecule has 1 aromatic rings. The number of halogens is 2. The topological polar surface area (TPSA) is 34.9 Å². The molecule has 0 unspecified atom stereocenters. The van der Waals surface area contributed by atoms with E-state index >= 15 is 0 Å². The first-order chi connectivity index (χ1) is 5.95. The number of rotatable bonds is 1. The van der Waals surface area contributed by atoms with Crippen LogP contribution in [0.5, 0.6) is 0 Å². The molecule has 1 aromatic heterocycles. The first-order valence-electron chi connectivity index (χ1n) is 3.87. The molecule has 0 saturated carbocycles. The minimum absolute atomic E-state index is 0.0198. The van der Waals surface area contributed by atoms with Crippen molar-refractivity contribution in [2.45, 2.75) is 19.8 Å². The van der Waals surface area contributed by atoms with E-state index in [0.29, 0.717) is 5.82 Å². The van der Waals surface area contributed by atoms with Crippen LogP contribution in [0.4, 0.5) is 0 Å². The van der Waals surface area contributed by atoms with Crippen molar-refractivity contribution >= 4 is 23.2 Å². The summed E-state index contributed by atoms with van der Waals surface area (Å²) in [5, 5.41) is 0.0574. The van der Waals surface area contributed by atoms with Crippen LogP contribution in [0.25, 0.3) is 0 Å². The van der Waals surface area contributed by atoms with Gasteiger partial charge in [0.05, 0.1) is 0 Å². The van der Waals surface area contributed by atoms with E-state index in [1.165, 1.54) is 4.57 Å². The SMILES string of the molecule is CC(C)c1nc(Cl)c(Cl)c(=O)n1C. The van der Waals surface area contributed by atoms with Crippen LogP contribution in [0.2, 0.25) is 10.2 Å². The van der Waals surface area contributed by atoms with Gasteiger partial charge >= 0.3 is 0 Å². The number of nitrogens with zero attached hydrogens (tertiary/aromatic N) is 2. The second-order valence-corrected chi connectivity index (χ2v) is 3.83. The van der Waals surface area contributed by atoms with Crippen LogP contribution in [0, 0.1) is 0 Å². The number of aromatic nitrogens is 2. The van der Waals surface area contributed by atoms with Crippen LogP contribution in [0.15, 0.2) is 4.79 Å². The first kappa shape index (κ1) is 10.5. The summed E-state index contributed by atoms with van der Waals surface area (Å²) in [6.45, 7) is 3.87. The highest BCUT2D eigenvalue weighted by molar-refractivity contribution is 6.41. The normalized spacial score (nSPS) is 10.9. The monoisotopic (exact) mass is 220 g/mol. The smallest absolute Gasteiger partial charge is 0.273 e. The molecular formula is C8H10Cl2N2O. The van der Waals surface area contributed by atoms with Crippen LogP contribution in [-0.4, -0.2) is 9.55 Å². The Kier molecular flexibility index (Phi) is 2.98. The lowest BCUT2D eigenvalue weighted by atomic mass is 10.2. The maximum Gasteiger partial charge on any atom is 0.273 e. The van der Waals surface area contributed by atoms with Gasteiger partial charge in [-0.25, -0.2) is 4.98 Å². The maximum absolute atomic E-state index is 11.4. The van der Waals surface area contributed by atoms with Gasteiger partial charge in [-0.15, -0.1) is 0 Å². The van der Waals surface area contributed by atoms with E-state index in [1.54, 1.807) is 7.05 Å². The molecule has 0 spiro atoms. The van der Waals surface area contributed by atoms with Crippen molar-refractivity contribution in [1.29, 1.82) is 0 Å². The second-order valence-electron chi connectivity index (χ2n) is 3.09. The highest BCUT2D eigenvalue weighted by Crippen LogP contribution is 2.18. The van der Waals surface area contributed by atoms with E-state index in [2.05, 4.69) is 4.98 Å². The predicted octanol–water partition coefficient (Wildman–Crippen LogP) is 2.21. The molecule has 0 fully saturated rings. The van der Waals surface area contributed by atoms with Crippen molar-refractivity contribution in [3.63, 3.8) is 0 Å². The van der Waals surface area contributed by atoms with Gasteiger partial charge in [0, 0.05) is 13.0 Å². The average Bonchev–Trinajstić information content (AvgIpc) is 2.07. The Labute approximate surface area is 86.3 Å². The molecule has 0 aromatic carbocycles. The molecule has 13 heavy (non-hydrogen) atoms. The summed E-state index contributed by atoms with van der Waals surface area (Å²) in [4.78, 5) is 15.5. The molecule has 0 saturated heterocycles. The Morgan fingerprint density at radius 2 is 1.92 bits per heavy atom. The van der Waals surface area contributed by atoms with Crippen LogP contribution in [0.1, 0.15) is 25.6 Å². The van der Waals surface area contributed by atoms with Gasteiger partial charge in [0.1, 0.15) is 10.8 Å². The minimum Gasteiger partial charge on any atom is -0.298 e. The molecule has 0 bridgehead atoms. The molecule has 0 N–H and O–H groups in total. The van der Waals surface area contributed by atoms with Crippen LogP contribution >= 0.6 is 23.2 Å². The molecule has 5 heteroatoms. The van der Waals surface area contributed by atoms with Gasteiger partial charge in [-0.05, 0) is 0 Å². The summed E-state index contributed by atoms with van der Waals surface area (Å²) in [7, 11) is 1.63. The standard InChI is InChI=1S/C8H10Cl2N2O/c1-4(2)7-11-6(10)5(9)8(13)12(7)3/h4H,1-3H3. The Morgan fingerprint density at radius 1 is 1.38 bits per heavy atom. The summed E-state index contributed by atoms with van der Waals surface area (Å²) < 4.78 is 1.42. The van der Waals surface area contributed by atoms with E-state index in [9.17, 15) is 4.79 Å². The maximum atomic E-state index is 11.4. The Morgan fingerprint density at radius 3 is 2.38 bits per heavy atom. The van der Waals surface area contributed by atoms with Gasteiger partial charge in [0.25, 0.3) is 5.56 Å². The summed E-state index contributed by atoms with van der Waals surface area (Å²) >= 11 is 11.3. The molecule has 1 heterocycles. The Bertz CT molecular complexity index is 384. The quantitative estimate of drug-likeness (QED) is 0.681. The third kappa shape index (κ3) is 1.86. The van der Waals surface area contributed by atoms with Gasteiger partial charge < -0.3 is 0 Å². The summed E-state index contributed by atoms with van der Waals surface area (Å²) in [6, 6.07) is 0. The van der Waals surface area contributed by atoms with E-state index in [4.69, 9.17) is 23.2 Å². The van der Waals surface area contributed by atoms with Gasteiger partial charge in [-0.2, -0.15) is 0 Å². The lowest BCUT2D eigenvalue weighted by Crippen LogP contribution is -2.23. The van der Waals surface area contributed by atoms with Crippen molar-refractivity contribution in [2.24, 2.45) is 7.05 Å². The summed E-state index contributed by atoms with van der Waals surface area (Å²) in [6.07, 6.45) is 0. The van der Waals surface area contributed by atoms with Crippen LogP contribution in [-0.2, 0) is 7.05 Å². The van der Waals surface area contributed by atoms with Crippen molar-refractivity contribution in [3.05, 3.63) is 26.4 Å². The molecule has 0 aliphatic heterocycles. The molecule has 0 amide bonds. The van der Waals surface area contributed by atoms with E-state index in [1.807, 2.05) is 13.8 Å². The van der Waals surface area contributed by atoms with Crippen molar-refractivity contribution < 1.29 is 0 Å². The van der Waals surface area contributed by atoms with Gasteiger partial charge in [0.2, 0.25) is 0 Å². The average molecular weight is 221 g/mol. The van der Waals surface area contributed by atoms with E-state index < -0.39 is 0 Å². The zero-order chi connectivity index (χ0) is 10.2. The number of hydrogen-bond donors (Lipinski definition) is 0. The highest BCUT2D eigenvalue weighted by Gasteiger charge is 2.12. The third-order valence-electron chi connectivity index (χ3n) is 1.75. The highest BCUT2D eigenvalue weighted by atomic mass is 35.5. The fraction of sp³-hybridized carbons (Fsp3) is 0.500. The molecule has 0 aliphatic carbocycles. The molecule has 3 nitrogen and oxygen atoms in total. The van der Waals surface area contributed by atoms with Crippen molar-refractivity contribution in [2.75, 3.05) is 0 Å². The summed E-state index contributed by atoms with van der Waals surface area (Å²) in [5.41, 5.74) is -0.301. The third-order valence-corrected chi connectivity index (χ3v) is 2.46. The zero-order valence-corrected chi connectivity index (χ0v) is 9.15. The summed E-state index contributed by atoms with van der Waals surface area (Å²) in [5.74, 6) is 0.784. The largest absolute Gasteiger partial charge is 0.298 e. The fourth-order valence-corrected chi connectivity index (χ4v) is 1.42. The lowest BCUT2D eigenvalue weighted by Gasteiger charge is -2.10. The van der Waals surface area contributed by atoms with Crippen molar-refractivity contribution in [3.8, 4) is 0 Å². The second kappa shape index (κ2) is 3.68. The molecule has 1 rings (SSSR count). The first-order valence-corrected chi connectivity index (χ1v) is 4.62. The molecule has 0 atom stereocenters. The van der Waals surface area contributed by atoms with Gasteiger partial charge in [-0.1, -0.05) is 37.0 Å². The Hall–Kier alpha value is -0.540. The number of hydrogen-bond acceptors (Lipinski definition) is 2. The molecule has 72 valence electrons. The fourth-order valence-electron chi connectivity index (χ4n) is 1.08. The van der Waals surface area contributed by atoms with Crippen LogP contribution in [0.3, 0.4) is 0 Å². The zero-order valence-electron chi connectivity index (χ0n) is 7.64. The Balaban J connectivity index is 3.51.